The molecular weight excluding hydrogens is 344 g/mol. The number of nitrogens with one attached hydrogen (secondary N) is 1. The van der Waals surface area contributed by atoms with Gasteiger partial charge in [0, 0.05) is 11.6 Å². The first kappa shape index (κ1) is 18.5. The fourth-order valence-electron chi connectivity index (χ4n) is 2.82. The normalized spacial score (nSPS) is 11.7. The number of hydrogen-bond acceptors (Lipinski definition) is 5. The van der Waals surface area contributed by atoms with Gasteiger partial charge in [-0.2, -0.15) is 0 Å². The number of carbonyl (C=O) groups excluding carboxylic acids is 1. The number of amides is 1. The van der Waals surface area contributed by atoms with Gasteiger partial charge >= 0.3 is 0 Å². The molecule has 0 saturated heterocycles. The van der Waals surface area contributed by atoms with Crippen LogP contribution in [-0.4, -0.2) is 31.7 Å². The van der Waals surface area contributed by atoms with Gasteiger partial charge in [0.2, 0.25) is 0 Å². The molecule has 0 bridgehead atoms. The summed E-state index contributed by atoms with van der Waals surface area (Å²) in [6.45, 7) is 1.81. The zero-order valence-electron chi connectivity index (χ0n) is 15.6. The van der Waals surface area contributed by atoms with Crippen molar-refractivity contribution < 1.29 is 19.0 Å². The Bertz CT molecular complexity index is 937. The molecule has 1 atom stereocenters. The topological polar surface area (TPSA) is 69.7 Å². The van der Waals surface area contributed by atoms with Crippen molar-refractivity contribution in [2.24, 2.45) is 0 Å². The SMILES string of the molecule is COc1ccc([C@H](C)NC(=O)COc2cccc3cccnc23)cc1OC. The minimum atomic E-state index is -0.217. The van der Waals surface area contributed by atoms with Gasteiger partial charge in [-0.05, 0) is 36.8 Å². The Balaban J connectivity index is 1.63. The highest BCUT2D eigenvalue weighted by atomic mass is 16.5. The Hall–Kier alpha value is -3.28. The van der Waals surface area contributed by atoms with Gasteiger partial charge in [-0.15, -0.1) is 0 Å². The van der Waals surface area contributed by atoms with Gasteiger partial charge in [0.15, 0.2) is 18.1 Å². The van der Waals surface area contributed by atoms with Crippen LogP contribution in [0.5, 0.6) is 17.2 Å². The van der Waals surface area contributed by atoms with Crippen LogP contribution in [0.2, 0.25) is 0 Å². The number of pyridine rings is 1. The Morgan fingerprint density at radius 1 is 1.04 bits per heavy atom. The lowest BCUT2D eigenvalue weighted by Crippen LogP contribution is -2.31. The maximum atomic E-state index is 12.3. The largest absolute Gasteiger partial charge is 0.493 e. The van der Waals surface area contributed by atoms with E-state index in [1.165, 1.54) is 0 Å². The lowest BCUT2D eigenvalue weighted by atomic mass is 10.1. The number of benzene rings is 2. The van der Waals surface area contributed by atoms with Gasteiger partial charge in [0.05, 0.1) is 20.3 Å². The fraction of sp³-hybridized carbons (Fsp3) is 0.238. The van der Waals surface area contributed by atoms with E-state index < -0.39 is 0 Å². The first-order valence-electron chi connectivity index (χ1n) is 8.60. The number of ether oxygens (including phenoxy) is 3. The summed E-state index contributed by atoms with van der Waals surface area (Å²) in [6.07, 6.45) is 1.70. The number of methoxy groups -OCH3 is 2. The number of fused-ring (bicyclic) bond motifs is 1. The van der Waals surface area contributed by atoms with Crippen molar-refractivity contribution >= 4 is 16.8 Å². The first-order valence-corrected chi connectivity index (χ1v) is 8.60. The molecule has 140 valence electrons. The summed E-state index contributed by atoms with van der Waals surface area (Å²) in [4.78, 5) is 16.6. The number of hydrogen-bond donors (Lipinski definition) is 1. The molecule has 0 aliphatic heterocycles. The number of carbonyl (C=O) groups is 1. The van der Waals surface area contributed by atoms with Crippen molar-refractivity contribution in [2.45, 2.75) is 13.0 Å². The fourth-order valence-corrected chi connectivity index (χ4v) is 2.82. The smallest absolute Gasteiger partial charge is 0.258 e. The van der Waals surface area contributed by atoms with Crippen LogP contribution in [0.4, 0.5) is 0 Å². The second-order valence-corrected chi connectivity index (χ2v) is 6.02. The number of nitrogens with zero attached hydrogens (tertiary/aromatic N) is 1. The maximum absolute atomic E-state index is 12.3. The minimum absolute atomic E-state index is 0.0900. The second-order valence-electron chi connectivity index (χ2n) is 6.02. The van der Waals surface area contributed by atoms with Crippen molar-refractivity contribution in [3.63, 3.8) is 0 Å². The predicted molar refractivity (Wildman–Crippen MR) is 103 cm³/mol. The Labute approximate surface area is 158 Å². The van der Waals surface area contributed by atoms with Crippen LogP contribution in [0, 0.1) is 0 Å². The van der Waals surface area contributed by atoms with E-state index in [-0.39, 0.29) is 18.6 Å². The molecule has 3 rings (SSSR count). The van der Waals surface area contributed by atoms with Crippen LogP contribution >= 0.6 is 0 Å². The molecule has 1 amide bonds. The molecular formula is C21H22N2O4. The van der Waals surface area contributed by atoms with E-state index in [0.717, 1.165) is 16.5 Å². The molecule has 0 aliphatic carbocycles. The van der Waals surface area contributed by atoms with Gasteiger partial charge in [-0.3, -0.25) is 9.78 Å². The Morgan fingerprint density at radius 3 is 2.59 bits per heavy atom. The number of rotatable bonds is 7. The first-order chi connectivity index (χ1) is 13.1. The van der Waals surface area contributed by atoms with Crippen molar-refractivity contribution in [3.05, 3.63) is 60.3 Å². The summed E-state index contributed by atoms with van der Waals surface area (Å²) in [5.41, 5.74) is 1.65. The highest BCUT2D eigenvalue weighted by Crippen LogP contribution is 2.30. The average molecular weight is 366 g/mol. The molecule has 1 N–H and O–H groups in total. The molecule has 1 aromatic heterocycles. The third-order valence-corrected chi connectivity index (χ3v) is 4.24. The third kappa shape index (κ3) is 4.28. The lowest BCUT2D eigenvalue weighted by Gasteiger charge is -2.17. The Kier molecular flexibility index (Phi) is 5.76. The van der Waals surface area contributed by atoms with E-state index >= 15 is 0 Å². The van der Waals surface area contributed by atoms with E-state index in [0.29, 0.717) is 17.2 Å². The van der Waals surface area contributed by atoms with Gasteiger partial charge < -0.3 is 19.5 Å². The summed E-state index contributed by atoms with van der Waals surface area (Å²) in [7, 11) is 3.17. The highest BCUT2D eigenvalue weighted by Gasteiger charge is 2.14. The van der Waals surface area contributed by atoms with Gasteiger partial charge in [0.25, 0.3) is 5.91 Å². The zero-order chi connectivity index (χ0) is 19.2. The standard InChI is InChI=1S/C21H22N2O4/c1-14(16-9-10-17(25-2)19(12-16)26-3)23-20(24)13-27-18-8-4-6-15-7-5-11-22-21(15)18/h4-12,14H,13H2,1-3H3,(H,23,24)/t14-/m0/s1. The monoisotopic (exact) mass is 366 g/mol. The summed E-state index contributed by atoms with van der Waals surface area (Å²) in [5.74, 6) is 1.63. The van der Waals surface area contributed by atoms with Gasteiger partial charge in [0.1, 0.15) is 11.3 Å². The molecule has 2 aromatic carbocycles. The molecule has 6 heteroatoms. The summed E-state index contributed by atoms with van der Waals surface area (Å²) < 4.78 is 16.2. The van der Waals surface area contributed by atoms with Crippen molar-refractivity contribution in [2.75, 3.05) is 20.8 Å². The maximum Gasteiger partial charge on any atom is 0.258 e. The van der Waals surface area contributed by atoms with E-state index in [4.69, 9.17) is 14.2 Å². The molecule has 3 aromatic rings. The summed E-state index contributed by atoms with van der Waals surface area (Å²) in [6, 6.07) is 14.8. The molecule has 0 spiro atoms. The van der Waals surface area contributed by atoms with Crippen molar-refractivity contribution in [3.8, 4) is 17.2 Å². The molecule has 1 heterocycles. The number of aromatic nitrogens is 1. The van der Waals surface area contributed by atoms with Crippen LogP contribution in [-0.2, 0) is 4.79 Å². The van der Waals surface area contributed by atoms with E-state index in [1.54, 1.807) is 26.5 Å². The van der Waals surface area contributed by atoms with Gasteiger partial charge in [-0.25, -0.2) is 0 Å². The zero-order valence-corrected chi connectivity index (χ0v) is 15.6. The lowest BCUT2D eigenvalue weighted by molar-refractivity contribution is -0.123. The predicted octanol–water partition coefficient (Wildman–Crippen LogP) is 3.51. The summed E-state index contributed by atoms with van der Waals surface area (Å²) >= 11 is 0. The third-order valence-electron chi connectivity index (χ3n) is 4.24. The molecule has 27 heavy (non-hydrogen) atoms. The minimum Gasteiger partial charge on any atom is -0.493 e. The quantitative estimate of drug-likeness (QED) is 0.693. The van der Waals surface area contributed by atoms with Crippen LogP contribution < -0.4 is 19.5 Å². The van der Waals surface area contributed by atoms with Gasteiger partial charge in [-0.1, -0.05) is 24.3 Å². The highest BCUT2D eigenvalue weighted by molar-refractivity contribution is 5.85. The van der Waals surface area contributed by atoms with Crippen LogP contribution in [0.25, 0.3) is 10.9 Å². The van der Waals surface area contributed by atoms with E-state index in [9.17, 15) is 4.79 Å². The Morgan fingerprint density at radius 2 is 1.81 bits per heavy atom. The number of para-hydroxylation sites is 1. The van der Waals surface area contributed by atoms with Crippen LogP contribution in [0.3, 0.4) is 0 Å². The molecule has 0 radical (unpaired) electrons. The summed E-state index contributed by atoms with van der Waals surface area (Å²) in [5, 5.41) is 3.89. The van der Waals surface area contributed by atoms with Crippen LogP contribution in [0.15, 0.2) is 54.7 Å². The molecule has 6 nitrogen and oxygen atoms in total. The second kappa shape index (κ2) is 8.40. The van der Waals surface area contributed by atoms with E-state index in [2.05, 4.69) is 10.3 Å². The molecule has 0 aliphatic rings. The molecule has 0 fully saturated rings. The molecule has 0 unspecified atom stereocenters. The van der Waals surface area contributed by atoms with Crippen molar-refractivity contribution in [1.82, 2.24) is 10.3 Å². The van der Waals surface area contributed by atoms with E-state index in [1.807, 2.05) is 49.4 Å². The van der Waals surface area contributed by atoms with Crippen molar-refractivity contribution in [1.29, 1.82) is 0 Å². The average Bonchev–Trinajstić information content (AvgIpc) is 2.71. The molecule has 0 saturated carbocycles. The van der Waals surface area contributed by atoms with Crippen LogP contribution in [0.1, 0.15) is 18.5 Å².